The molecule has 3 nitrogen and oxygen atoms in total. The van der Waals surface area contributed by atoms with Gasteiger partial charge in [-0.15, -0.1) is 11.3 Å². The van der Waals surface area contributed by atoms with Gasteiger partial charge in [-0.1, -0.05) is 18.9 Å². The molecule has 1 aromatic rings. The van der Waals surface area contributed by atoms with Crippen molar-refractivity contribution in [2.45, 2.75) is 38.3 Å². The average Bonchev–Trinajstić information content (AvgIpc) is 2.87. The Labute approximate surface area is 106 Å². The van der Waals surface area contributed by atoms with E-state index in [1.165, 1.54) is 24.1 Å². The Bertz CT molecular complexity index is 422. The van der Waals surface area contributed by atoms with E-state index in [2.05, 4.69) is 34.3 Å². The number of guanidine groups is 1. The molecule has 1 aromatic heterocycles. The van der Waals surface area contributed by atoms with Gasteiger partial charge >= 0.3 is 0 Å². The summed E-state index contributed by atoms with van der Waals surface area (Å²) in [6.07, 6.45) is 4.02. The molecule has 1 unspecified atom stereocenters. The van der Waals surface area contributed by atoms with Crippen LogP contribution in [0.5, 0.6) is 0 Å². The summed E-state index contributed by atoms with van der Waals surface area (Å²) < 4.78 is 0. The molecule has 0 saturated heterocycles. The molecule has 0 amide bonds. The zero-order chi connectivity index (χ0) is 11.9. The van der Waals surface area contributed by atoms with E-state index in [1.807, 2.05) is 0 Å². The SMILES string of the molecule is CC1(CC2CC2)CN=C(N)N1Cc1cccs1. The van der Waals surface area contributed by atoms with E-state index in [0.29, 0.717) is 0 Å². The van der Waals surface area contributed by atoms with Gasteiger partial charge in [0.05, 0.1) is 18.6 Å². The smallest absolute Gasteiger partial charge is 0.192 e. The van der Waals surface area contributed by atoms with Gasteiger partial charge in [-0.05, 0) is 30.7 Å². The van der Waals surface area contributed by atoms with Crippen molar-refractivity contribution < 1.29 is 0 Å². The Balaban J connectivity index is 1.75. The van der Waals surface area contributed by atoms with Crippen LogP contribution in [-0.2, 0) is 6.54 Å². The van der Waals surface area contributed by atoms with Crippen LogP contribution in [0, 0.1) is 5.92 Å². The predicted molar refractivity (Wildman–Crippen MR) is 72.1 cm³/mol. The van der Waals surface area contributed by atoms with Crippen LogP contribution < -0.4 is 5.73 Å². The first-order valence-corrected chi connectivity index (χ1v) is 7.15. The molecule has 92 valence electrons. The van der Waals surface area contributed by atoms with E-state index in [1.54, 1.807) is 11.3 Å². The summed E-state index contributed by atoms with van der Waals surface area (Å²) in [4.78, 5) is 8.13. The van der Waals surface area contributed by atoms with Crippen LogP contribution in [0.25, 0.3) is 0 Å². The Kier molecular flexibility index (Phi) is 2.62. The largest absolute Gasteiger partial charge is 0.370 e. The second kappa shape index (κ2) is 4.02. The number of nitrogens with zero attached hydrogens (tertiary/aromatic N) is 2. The topological polar surface area (TPSA) is 41.6 Å². The number of thiophene rings is 1. The maximum atomic E-state index is 6.05. The molecule has 1 atom stereocenters. The number of hydrogen-bond acceptors (Lipinski definition) is 4. The summed E-state index contributed by atoms with van der Waals surface area (Å²) in [5.41, 5.74) is 6.20. The molecule has 0 aromatic carbocycles. The first-order chi connectivity index (χ1) is 8.17. The fourth-order valence-electron chi connectivity index (χ4n) is 2.65. The molecule has 1 aliphatic heterocycles. The van der Waals surface area contributed by atoms with Crippen molar-refractivity contribution in [3.05, 3.63) is 22.4 Å². The fraction of sp³-hybridized carbons (Fsp3) is 0.615. The first kappa shape index (κ1) is 11.1. The standard InChI is InChI=1S/C13H19N3S/c1-13(7-10-4-5-10)9-15-12(14)16(13)8-11-3-2-6-17-11/h2-3,6,10H,4-5,7-9H2,1H3,(H2,14,15). The highest BCUT2D eigenvalue weighted by Gasteiger charge is 2.42. The molecular weight excluding hydrogens is 230 g/mol. The molecule has 17 heavy (non-hydrogen) atoms. The van der Waals surface area contributed by atoms with Crippen molar-refractivity contribution in [3.63, 3.8) is 0 Å². The lowest BCUT2D eigenvalue weighted by atomic mass is 9.94. The van der Waals surface area contributed by atoms with Gasteiger partial charge in [-0.25, -0.2) is 0 Å². The third kappa shape index (κ3) is 2.18. The lowest BCUT2D eigenvalue weighted by Crippen LogP contribution is -2.49. The molecule has 0 radical (unpaired) electrons. The van der Waals surface area contributed by atoms with Gasteiger partial charge in [0.2, 0.25) is 0 Å². The lowest BCUT2D eigenvalue weighted by molar-refractivity contribution is 0.193. The van der Waals surface area contributed by atoms with E-state index < -0.39 is 0 Å². The monoisotopic (exact) mass is 249 g/mol. The van der Waals surface area contributed by atoms with Crippen molar-refractivity contribution in [1.82, 2.24) is 4.90 Å². The Morgan fingerprint density at radius 2 is 2.41 bits per heavy atom. The van der Waals surface area contributed by atoms with Crippen LogP contribution >= 0.6 is 11.3 Å². The fourth-order valence-corrected chi connectivity index (χ4v) is 3.34. The molecule has 4 heteroatoms. The van der Waals surface area contributed by atoms with E-state index in [9.17, 15) is 0 Å². The highest BCUT2D eigenvalue weighted by atomic mass is 32.1. The van der Waals surface area contributed by atoms with Crippen molar-refractivity contribution in [2.24, 2.45) is 16.6 Å². The molecule has 3 rings (SSSR count). The van der Waals surface area contributed by atoms with E-state index >= 15 is 0 Å². The Morgan fingerprint density at radius 3 is 3.06 bits per heavy atom. The van der Waals surface area contributed by atoms with Gasteiger partial charge in [0.1, 0.15) is 0 Å². The third-order valence-electron chi connectivity index (χ3n) is 3.83. The summed E-state index contributed by atoms with van der Waals surface area (Å²) >= 11 is 1.79. The van der Waals surface area contributed by atoms with Gasteiger partial charge in [-0.2, -0.15) is 0 Å². The van der Waals surface area contributed by atoms with Crippen molar-refractivity contribution in [1.29, 1.82) is 0 Å². The molecule has 1 fully saturated rings. The molecule has 1 aliphatic carbocycles. The second-order valence-electron chi connectivity index (χ2n) is 5.48. The van der Waals surface area contributed by atoms with Gasteiger partial charge in [0.25, 0.3) is 0 Å². The van der Waals surface area contributed by atoms with E-state index in [0.717, 1.165) is 25.0 Å². The van der Waals surface area contributed by atoms with Crippen molar-refractivity contribution in [3.8, 4) is 0 Å². The summed E-state index contributed by atoms with van der Waals surface area (Å²) in [6.45, 7) is 4.08. The molecular formula is C13H19N3S. The highest BCUT2D eigenvalue weighted by Crippen LogP contribution is 2.41. The highest BCUT2D eigenvalue weighted by molar-refractivity contribution is 7.09. The molecule has 2 heterocycles. The molecule has 2 N–H and O–H groups in total. The third-order valence-corrected chi connectivity index (χ3v) is 4.69. The average molecular weight is 249 g/mol. The Morgan fingerprint density at radius 1 is 1.59 bits per heavy atom. The summed E-state index contributed by atoms with van der Waals surface area (Å²) in [7, 11) is 0. The van der Waals surface area contributed by atoms with Crippen LogP contribution in [0.15, 0.2) is 22.5 Å². The number of rotatable bonds is 4. The number of nitrogens with two attached hydrogens (primary N) is 1. The van der Waals surface area contributed by atoms with Gasteiger partial charge in [0.15, 0.2) is 5.96 Å². The predicted octanol–water partition coefficient (Wildman–Crippen LogP) is 2.44. The molecule has 2 aliphatic rings. The quantitative estimate of drug-likeness (QED) is 0.890. The number of aliphatic imine (C=N–C) groups is 1. The first-order valence-electron chi connectivity index (χ1n) is 6.27. The number of hydrogen-bond donors (Lipinski definition) is 1. The zero-order valence-corrected chi connectivity index (χ0v) is 11.0. The molecule has 0 bridgehead atoms. The minimum atomic E-state index is 0.148. The van der Waals surface area contributed by atoms with Crippen LogP contribution in [0.4, 0.5) is 0 Å². The summed E-state index contributed by atoms with van der Waals surface area (Å²) in [5, 5.41) is 2.12. The summed E-state index contributed by atoms with van der Waals surface area (Å²) in [5.74, 6) is 1.63. The lowest BCUT2D eigenvalue weighted by Gasteiger charge is -2.36. The zero-order valence-electron chi connectivity index (χ0n) is 10.2. The van der Waals surface area contributed by atoms with Crippen molar-refractivity contribution in [2.75, 3.05) is 6.54 Å². The minimum absolute atomic E-state index is 0.148. The minimum Gasteiger partial charge on any atom is -0.370 e. The van der Waals surface area contributed by atoms with E-state index in [-0.39, 0.29) is 5.54 Å². The van der Waals surface area contributed by atoms with Gasteiger partial charge in [-0.3, -0.25) is 4.99 Å². The van der Waals surface area contributed by atoms with Gasteiger partial charge in [0, 0.05) is 4.88 Å². The maximum absolute atomic E-state index is 6.05. The van der Waals surface area contributed by atoms with Crippen LogP contribution in [0.1, 0.15) is 31.1 Å². The second-order valence-corrected chi connectivity index (χ2v) is 6.52. The Hall–Kier alpha value is -1.03. The molecule has 1 saturated carbocycles. The van der Waals surface area contributed by atoms with Gasteiger partial charge < -0.3 is 10.6 Å². The van der Waals surface area contributed by atoms with Crippen LogP contribution in [0.2, 0.25) is 0 Å². The van der Waals surface area contributed by atoms with Crippen LogP contribution in [0.3, 0.4) is 0 Å². The maximum Gasteiger partial charge on any atom is 0.192 e. The van der Waals surface area contributed by atoms with Crippen molar-refractivity contribution >= 4 is 17.3 Å². The molecule has 0 spiro atoms. The van der Waals surface area contributed by atoms with E-state index in [4.69, 9.17) is 5.73 Å². The summed E-state index contributed by atoms with van der Waals surface area (Å²) in [6, 6.07) is 4.27. The van der Waals surface area contributed by atoms with Crippen LogP contribution in [-0.4, -0.2) is 22.9 Å². The normalized spacial score (nSPS) is 28.5.